The van der Waals surface area contributed by atoms with Crippen LogP contribution in [0.5, 0.6) is 0 Å². The van der Waals surface area contributed by atoms with E-state index in [2.05, 4.69) is 5.32 Å². The normalized spacial score (nSPS) is 18.6. The summed E-state index contributed by atoms with van der Waals surface area (Å²) in [5, 5.41) is 11.9. The summed E-state index contributed by atoms with van der Waals surface area (Å²) in [4.78, 5) is 52.0. The van der Waals surface area contributed by atoms with Crippen molar-refractivity contribution in [2.45, 2.75) is 31.5 Å². The van der Waals surface area contributed by atoms with Crippen molar-refractivity contribution in [1.82, 2.24) is 15.1 Å². The molecule has 30 heavy (non-hydrogen) atoms. The molecule has 2 aromatic rings. The highest BCUT2D eigenvalue weighted by molar-refractivity contribution is 6.05. The van der Waals surface area contributed by atoms with Gasteiger partial charge in [-0.2, -0.15) is 0 Å². The smallest absolute Gasteiger partial charge is 0.330 e. The zero-order valence-electron chi connectivity index (χ0n) is 16.2. The van der Waals surface area contributed by atoms with E-state index in [1.807, 2.05) is 24.3 Å². The number of hydrogen-bond donors (Lipinski definition) is 2. The lowest BCUT2D eigenvalue weighted by atomic mass is 9.95. The number of nitrogens with one attached hydrogen (secondary N) is 1. The molecule has 4 amide bonds. The van der Waals surface area contributed by atoms with E-state index in [1.165, 1.54) is 4.90 Å². The van der Waals surface area contributed by atoms with Crippen LogP contribution in [-0.4, -0.2) is 51.3 Å². The predicted molar refractivity (Wildman–Crippen MR) is 106 cm³/mol. The number of fused-ring (bicyclic) bond motifs is 2. The van der Waals surface area contributed by atoms with E-state index in [-0.39, 0.29) is 18.9 Å². The molecule has 0 aromatic heterocycles. The molecule has 0 radical (unpaired) electrons. The molecule has 2 N–H and O–H groups in total. The number of aliphatic carboxylic acids is 1. The van der Waals surface area contributed by atoms with Crippen molar-refractivity contribution in [3.05, 3.63) is 71.3 Å². The van der Waals surface area contributed by atoms with Crippen molar-refractivity contribution in [1.29, 1.82) is 0 Å². The van der Waals surface area contributed by atoms with E-state index in [1.54, 1.807) is 30.3 Å². The first-order chi connectivity index (χ1) is 14.5. The van der Waals surface area contributed by atoms with Crippen LogP contribution in [0.3, 0.4) is 0 Å². The summed E-state index contributed by atoms with van der Waals surface area (Å²) in [5.74, 6) is -2.04. The minimum absolute atomic E-state index is 0.0893. The summed E-state index contributed by atoms with van der Waals surface area (Å²) >= 11 is 0. The molecule has 2 atom stereocenters. The molecule has 1 fully saturated rings. The van der Waals surface area contributed by atoms with Gasteiger partial charge in [-0.3, -0.25) is 14.5 Å². The Morgan fingerprint density at radius 2 is 1.70 bits per heavy atom. The Morgan fingerprint density at radius 1 is 1.03 bits per heavy atom. The van der Waals surface area contributed by atoms with Gasteiger partial charge in [0.15, 0.2) is 6.04 Å². The molecule has 0 spiro atoms. The first-order valence-electron chi connectivity index (χ1n) is 9.71. The van der Waals surface area contributed by atoms with Crippen LogP contribution in [0.4, 0.5) is 4.79 Å². The van der Waals surface area contributed by atoms with Crippen molar-refractivity contribution >= 4 is 23.8 Å². The van der Waals surface area contributed by atoms with E-state index < -0.39 is 30.0 Å². The Bertz CT molecular complexity index is 964. The third-order valence-electron chi connectivity index (χ3n) is 5.52. The quantitative estimate of drug-likeness (QED) is 0.709. The van der Waals surface area contributed by atoms with Crippen molar-refractivity contribution in [3.8, 4) is 0 Å². The average molecular weight is 407 g/mol. The fourth-order valence-corrected chi connectivity index (χ4v) is 3.96. The maximum Gasteiger partial charge on any atom is 0.330 e. The molecule has 4 rings (SSSR count). The van der Waals surface area contributed by atoms with Crippen molar-refractivity contribution in [3.63, 3.8) is 0 Å². The highest BCUT2D eigenvalue weighted by Crippen LogP contribution is 2.30. The van der Waals surface area contributed by atoms with Gasteiger partial charge >= 0.3 is 12.0 Å². The first kappa shape index (κ1) is 19.6. The maximum atomic E-state index is 12.8. The van der Waals surface area contributed by atoms with Crippen LogP contribution in [0, 0.1) is 0 Å². The summed E-state index contributed by atoms with van der Waals surface area (Å²) in [6, 6.07) is 13.9. The molecule has 2 heterocycles. The standard InChI is InChI=1S/C22H21N3O5/c26-18(23-19(21(28)29)14-6-2-1-3-7-14)10-11-24-20(27)17-12-15-8-4-5-9-16(15)13-25(17)22(24)30/h1-9,17,19H,10-13H2,(H,23,26)(H,28,29)/t17-,19+/m0/s1. The van der Waals surface area contributed by atoms with Gasteiger partial charge in [0, 0.05) is 25.9 Å². The van der Waals surface area contributed by atoms with E-state index in [0.29, 0.717) is 18.5 Å². The fraction of sp³-hybridized carbons (Fsp3) is 0.273. The van der Waals surface area contributed by atoms with Gasteiger partial charge in [0.2, 0.25) is 5.91 Å². The second-order valence-electron chi connectivity index (χ2n) is 7.39. The zero-order chi connectivity index (χ0) is 21.3. The maximum absolute atomic E-state index is 12.8. The number of rotatable bonds is 6. The third kappa shape index (κ3) is 3.63. The highest BCUT2D eigenvalue weighted by atomic mass is 16.4. The predicted octanol–water partition coefficient (Wildman–Crippen LogP) is 1.71. The molecule has 8 nitrogen and oxygen atoms in total. The molecule has 0 saturated carbocycles. The molecule has 2 aliphatic rings. The minimum atomic E-state index is -1.19. The second kappa shape index (κ2) is 7.98. The number of carbonyl (C=O) groups is 4. The van der Waals surface area contributed by atoms with E-state index in [4.69, 9.17) is 0 Å². The van der Waals surface area contributed by atoms with Crippen molar-refractivity contribution in [2.75, 3.05) is 6.54 Å². The summed E-state index contributed by atoms with van der Waals surface area (Å²) in [6.07, 6.45) is 0.292. The van der Waals surface area contributed by atoms with Crippen LogP contribution in [-0.2, 0) is 27.3 Å². The first-order valence-corrected chi connectivity index (χ1v) is 9.71. The Kier molecular flexibility index (Phi) is 5.22. The van der Waals surface area contributed by atoms with E-state index in [9.17, 15) is 24.3 Å². The Morgan fingerprint density at radius 3 is 2.40 bits per heavy atom. The summed E-state index contributed by atoms with van der Waals surface area (Å²) in [6.45, 7) is 0.275. The number of hydrogen-bond acceptors (Lipinski definition) is 4. The molecule has 0 unspecified atom stereocenters. The Hall–Kier alpha value is -3.68. The Labute approximate surface area is 173 Å². The van der Waals surface area contributed by atoms with Crippen LogP contribution in [0.1, 0.15) is 29.2 Å². The number of nitrogens with zero attached hydrogens (tertiary/aromatic N) is 2. The number of urea groups is 1. The number of carbonyl (C=O) groups excluding carboxylic acids is 3. The average Bonchev–Trinajstić information content (AvgIpc) is 2.98. The largest absolute Gasteiger partial charge is 0.479 e. The summed E-state index contributed by atoms with van der Waals surface area (Å²) < 4.78 is 0. The molecule has 8 heteroatoms. The molecular weight excluding hydrogens is 386 g/mol. The van der Waals surface area contributed by atoms with Gasteiger partial charge in [0.1, 0.15) is 6.04 Å². The number of amides is 4. The third-order valence-corrected chi connectivity index (χ3v) is 5.52. The lowest BCUT2D eigenvalue weighted by molar-refractivity contribution is -0.142. The fourth-order valence-electron chi connectivity index (χ4n) is 3.96. The van der Waals surface area contributed by atoms with Crippen LogP contribution in [0.25, 0.3) is 0 Å². The lowest BCUT2D eigenvalue weighted by Crippen LogP contribution is -2.40. The minimum Gasteiger partial charge on any atom is -0.479 e. The van der Waals surface area contributed by atoms with Gasteiger partial charge in [0.25, 0.3) is 5.91 Å². The van der Waals surface area contributed by atoms with Gasteiger partial charge in [-0.05, 0) is 16.7 Å². The molecule has 2 aliphatic heterocycles. The molecular formula is C22H21N3O5. The molecule has 154 valence electrons. The van der Waals surface area contributed by atoms with E-state index in [0.717, 1.165) is 16.0 Å². The Balaban J connectivity index is 1.39. The lowest BCUT2D eigenvalue weighted by Gasteiger charge is -2.28. The SMILES string of the molecule is O=C(CCN1C(=O)[C@@H]2Cc3ccccc3CN2C1=O)N[C@@H](C(=O)O)c1ccccc1. The number of carboxylic acids is 1. The van der Waals surface area contributed by atoms with Crippen molar-refractivity contribution in [2.24, 2.45) is 0 Å². The van der Waals surface area contributed by atoms with E-state index >= 15 is 0 Å². The second-order valence-corrected chi connectivity index (χ2v) is 7.39. The number of benzene rings is 2. The van der Waals surface area contributed by atoms with Crippen LogP contribution >= 0.6 is 0 Å². The monoisotopic (exact) mass is 407 g/mol. The molecule has 0 bridgehead atoms. The van der Waals surface area contributed by atoms with Crippen LogP contribution < -0.4 is 5.32 Å². The van der Waals surface area contributed by atoms with Gasteiger partial charge in [-0.15, -0.1) is 0 Å². The number of imide groups is 1. The van der Waals surface area contributed by atoms with Crippen LogP contribution in [0.15, 0.2) is 54.6 Å². The molecule has 0 aliphatic carbocycles. The topological polar surface area (TPSA) is 107 Å². The van der Waals surface area contributed by atoms with Gasteiger partial charge in [-0.25, -0.2) is 9.59 Å². The van der Waals surface area contributed by atoms with Gasteiger partial charge < -0.3 is 15.3 Å². The zero-order valence-corrected chi connectivity index (χ0v) is 16.2. The van der Waals surface area contributed by atoms with Gasteiger partial charge in [0.05, 0.1) is 0 Å². The highest BCUT2D eigenvalue weighted by Gasteiger charge is 2.46. The summed E-state index contributed by atoms with van der Waals surface area (Å²) in [7, 11) is 0. The number of carboxylic acid groups (broad SMARTS) is 1. The van der Waals surface area contributed by atoms with Gasteiger partial charge in [-0.1, -0.05) is 54.6 Å². The molecule has 1 saturated heterocycles. The van der Waals surface area contributed by atoms with Crippen LogP contribution in [0.2, 0.25) is 0 Å². The molecule has 2 aromatic carbocycles. The summed E-state index contributed by atoms with van der Waals surface area (Å²) in [5.41, 5.74) is 2.51. The van der Waals surface area contributed by atoms with Crippen molar-refractivity contribution < 1.29 is 24.3 Å².